The first kappa shape index (κ1) is 25.8. The summed E-state index contributed by atoms with van der Waals surface area (Å²) in [4.78, 5) is 35.8. The minimum atomic E-state index is -0.895. The first-order chi connectivity index (χ1) is 15.9. The zero-order valence-corrected chi connectivity index (χ0v) is 19.2. The Kier molecular flexibility index (Phi) is 10.9. The van der Waals surface area contributed by atoms with Crippen molar-refractivity contribution in [1.29, 1.82) is 0 Å². The molecule has 0 saturated heterocycles. The first-order valence-electron chi connectivity index (χ1n) is 10.4. The van der Waals surface area contributed by atoms with Gasteiger partial charge in [-0.15, -0.1) is 0 Å². The number of carbonyl (C=O) groups is 3. The standard InChI is InChI=1S/C23H27ClN4O5/c1-16(2)32-13-7-12-25-22(30)23(31)28-26-14-17-8-3-6-11-20(17)33-15-21(29)27-19-10-5-4-9-18(19)24/h3-6,8-11,14,16H,7,12-13,15H2,1-2H3,(H,25,30)(H,27,29)(H,28,31)/b26-14-. The summed E-state index contributed by atoms with van der Waals surface area (Å²) < 4.78 is 10.9. The van der Waals surface area contributed by atoms with Crippen LogP contribution in [0.25, 0.3) is 0 Å². The first-order valence-corrected chi connectivity index (χ1v) is 10.7. The molecule has 176 valence electrons. The van der Waals surface area contributed by atoms with Crippen molar-refractivity contribution >= 4 is 41.2 Å². The van der Waals surface area contributed by atoms with Crippen molar-refractivity contribution in [3.8, 4) is 5.75 Å². The van der Waals surface area contributed by atoms with Gasteiger partial charge in [-0.2, -0.15) is 5.10 Å². The van der Waals surface area contributed by atoms with Gasteiger partial charge in [0.05, 0.1) is 23.0 Å². The molecule has 9 nitrogen and oxygen atoms in total. The molecule has 0 saturated carbocycles. The predicted molar refractivity (Wildman–Crippen MR) is 126 cm³/mol. The van der Waals surface area contributed by atoms with Crippen molar-refractivity contribution in [3.63, 3.8) is 0 Å². The quantitative estimate of drug-likeness (QED) is 0.200. The number of hydrogen-bond donors (Lipinski definition) is 3. The van der Waals surface area contributed by atoms with Crippen molar-refractivity contribution in [3.05, 3.63) is 59.1 Å². The van der Waals surface area contributed by atoms with Gasteiger partial charge in [-0.05, 0) is 44.5 Å². The van der Waals surface area contributed by atoms with Crippen LogP contribution >= 0.6 is 11.6 Å². The second-order valence-corrected chi connectivity index (χ2v) is 7.49. The van der Waals surface area contributed by atoms with Crippen molar-refractivity contribution < 1.29 is 23.9 Å². The maximum Gasteiger partial charge on any atom is 0.329 e. The smallest absolute Gasteiger partial charge is 0.329 e. The topological polar surface area (TPSA) is 118 Å². The average molecular weight is 475 g/mol. The van der Waals surface area contributed by atoms with Crippen LogP contribution in [0, 0.1) is 0 Å². The molecule has 0 atom stereocenters. The van der Waals surface area contributed by atoms with Crippen molar-refractivity contribution in [2.45, 2.75) is 26.4 Å². The number of hydrazone groups is 1. The summed E-state index contributed by atoms with van der Waals surface area (Å²) >= 11 is 6.03. The molecule has 2 rings (SSSR count). The van der Waals surface area contributed by atoms with E-state index in [1.807, 2.05) is 13.8 Å². The number of ether oxygens (including phenoxy) is 2. The molecule has 2 aromatic carbocycles. The van der Waals surface area contributed by atoms with Crippen molar-refractivity contribution in [2.75, 3.05) is 25.1 Å². The average Bonchev–Trinajstić information content (AvgIpc) is 2.79. The van der Waals surface area contributed by atoms with E-state index < -0.39 is 17.7 Å². The van der Waals surface area contributed by atoms with Crippen molar-refractivity contribution in [2.24, 2.45) is 5.10 Å². The minimum absolute atomic E-state index is 0.113. The van der Waals surface area contributed by atoms with E-state index in [0.29, 0.717) is 41.6 Å². The number of nitrogens with one attached hydrogen (secondary N) is 3. The van der Waals surface area contributed by atoms with Crippen LogP contribution in [-0.4, -0.2) is 49.8 Å². The zero-order chi connectivity index (χ0) is 24.1. The second-order valence-electron chi connectivity index (χ2n) is 7.08. The second kappa shape index (κ2) is 13.9. The highest BCUT2D eigenvalue weighted by atomic mass is 35.5. The third kappa shape index (κ3) is 9.71. The van der Waals surface area contributed by atoms with E-state index in [-0.39, 0.29) is 12.7 Å². The highest BCUT2D eigenvalue weighted by molar-refractivity contribution is 6.35. The molecule has 0 heterocycles. The lowest BCUT2D eigenvalue weighted by atomic mass is 10.2. The molecule has 0 radical (unpaired) electrons. The number of amides is 3. The van der Waals surface area contributed by atoms with Gasteiger partial charge >= 0.3 is 11.8 Å². The molecule has 0 unspecified atom stereocenters. The van der Waals surface area contributed by atoms with Crippen LogP contribution in [-0.2, 0) is 19.1 Å². The SMILES string of the molecule is CC(C)OCCCNC(=O)C(=O)N/N=C\c1ccccc1OCC(=O)Nc1ccccc1Cl. The number of para-hydroxylation sites is 2. The lowest BCUT2D eigenvalue weighted by Crippen LogP contribution is -2.38. The monoisotopic (exact) mass is 474 g/mol. The summed E-state index contributed by atoms with van der Waals surface area (Å²) in [6, 6.07) is 13.7. The number of nitrogens with zero attached hydrogens (tertiary/aromatic N) is 1. The van der Waals surface area contributed by atoms with E-state index in [0.717, 1.165) is 0 Å². The number of carbonyl (C=O) groups excluding carboxylic acids is 3. The van der Waals surface area contributed by atoms with Crippen LogP contribution in [0.15, 0.2) is 53.6 Å². The summed E-state index contributed by atoms with van der Waals surface area (Å²) in [5.74, 6) is -1.70. The molecule has 2 aromatic rings. The van der Waals surface area contributed by atoms with Crippen LogP contribution in [0.1, 0.15) is 25.8 Å². The lowest BCUT2D eigenvalue weighted by Gasteiger charge is -2.10. The Morgan fingerprint density at radius 2 is 1.79 bits per heavy atom. The molecule has 0 bridgehead atoms. The molecule has 3 amide bonds. The number of rotatable bonds is 11. The number of benzene rings is 2. The zero-order valence-electron chi connectivity index (χ0n) is 18.5. The van der Waals surface area contributed by atoms with Gasteiger partial charge in [0.15, 0.2) is 6.61 Å². The number of hydrogen-bond acceptors (Lipinski definition) is 6. The van der Waals surface area contributed by atoms with E-state index in [1.54, 1.807) is 48.5 Å². The fourth-order valence-corrected chi connectivity index (χ4v) is 2.68. The fourth-order valence-electron chi connectivity index (χ4n) is 2.50. The molecule has 0 spiro atoms. The van der Waals surface area contributed by atoms with Gasteiger partial charge in [-0.1, -0.05) is 35.9 Å². The predicted octanol–water partition coefficient (Wildman–Crippen LogP) is 2.74. The Balaban J connectivity index is 1.80. The van der Waals surface area contributed by atoms with Crippen LogP contribution < -0.4 is 20.8 Å². The summed E-state index contributed by atoms with van der Waals surface area (Å²) in [6.45, 7) is 4.39. The van der Waals surface area contributed by atoms with Crippen molar-refractivity contribution in [1.82, 2.24) is 10.7 Å². The van der Waals surface area contributed by atoms with Gasteiger partial charge < -0.3 is 20.1 Å². The molecule has 0 aromatic heterocycles. The van der Waals surface area contributed by atoms with Crippen LogP contribution in [0.4, 0.5) is 5.69 Å². The highest BCUT2D eigenvalue weighted by Crippen LogP contribution is 2.20. The van der Waals surface area contributed by atoms with Crippen LogP contribution in [0.5, 0.6) is 5.75 Å². The normalized spacial score (nSPS) is 10.8. The fraction of sp³-hybridized carbons (Fsp3) is 0.304. The largest absolute Gasteiger partial charge is 0.483 e. The molecule has 0 aliphatic heterocycles. The summed E-state index contributed by atoms with van der Waals surface area (Å²) in [5, 5.41) is 9.36. The maximum absolute atomic E-state index is 12.2. The van der Waals surface area contributed by atoms with E-state index in [4.69, 9.17) is 21.1 Å². The summed E-state index contributed by atoms with van der Waals surface area (Å²) in [5.41, 5.74) is 3.15. The van der Waals surface area contributed by atoms with Gasteiger partial charge in [0.1, 0.15) is 5.75 Å². The maximum atomic E-state index is 12.2. The molecule has 33 heavy (non-hydrogen) atoms. The molecule has 0 fully saturated rings. The van der Waals surface area contributed by atoms with Crippen LogP contribution in [0.3, 0.4) is 0 Å². The Bertz CT molecular complexity index is 981. The summed E-state index contributed by atoms with van der Waals surface area (Å²) in [7, 11) is 0. The Labute approximate surface area is 197 Å². The van der Waals surface area contributed by atoms with Gasteiger partial charge in [-0.3, -0.25) is 14.4 Å². The molecule has 0 aliphatic rings. The molecule has 10 heteroatoms. The van der Waals surface area contributed by atoms with Gasteiger partial charge in [-0.25, -0.2) is 5.43 Å². The molecule has 0 aliphatic carbocycles. The van der Waals surface area contributed by atoms with Crippen LogP contribution in [0.2, 0.25) is 5.02 Å². The van der Waals surface area contributed by atoms with E-state index >= 15 is 0 Å². The molecular weight excluding hydrogens is 448 g/mol. The van der Waals surface area contributed by atoms with Gasteiger partial charge in [0.2, 0.25) is 0 Å². The minimum Gasteiger partial charge on any atom is -0.483 e. The van der Waals surface area contributed by atoms with E-state index in [2.05, 4.69) is 21.2 Å². The third-order valence-electron chi connectivity index (χ3n) is 4.06. The van der Waals surface area contributed by atoms with Gasteiger partial charge in [0, 0.05) is 18.7 Å². The van der Waals surface area contributed by atoms with Gasteiger partial charge in [0.25, 0.3) is 5.91 Å². The third-order valence-corrected chi connectivity index (χ3v) is 4.39. The van der Waals surface area contributed by atoms with E-state index in [9.17, 15) is 14.4 Å². The van der Waals surface area contributed by atoms with E-state index in [1.165, 1.54) is 6.21 Å². The molecule has 3 N–H and O–H groups in total. The Hall–Kier alpha value is -3.43. The lowest BCUT2D eigenvalue weighted by molar-refractivity contribution is -0.139. The number of halogens is 1. The highest BCUT2D eigenvalue weighted by Gasteiger charge is 2.12. The Morgan fingerprint density at radius 3 is 2.55 bits per heavy atom. The Morgan fingerprint density at radius 1 is 1.06 bits per heavy atom. The summed E-state index contributed by atoms with van der Waals surface area (Å²) in [6.07, 6.45) is 2.03. The molecular formula is C23H27ClN4O5. The number of anilines is 1.